The highest BCUT2D eigenvalue weighted by molar-refractivity contribution is 7.07. The van der Waals surface area contributed by atoms with Crippen LogP contribution in [0.4, 0.5) is 0 Å². The number of nitrogens with one attached hydrogen (secondary N) is 1. The van der Waals surface area contributed by atoms with Crippen molar-refractivity contribution in [1.29, 1.82) is 0 Å². The van der Waals surface area contributed by atoms with E-state index in [1.807, 2.05) is 29.1 Å². The first-order valence-electron chi connectivity index (χ1n) is 6.05. The minimum atomic E-state index is -0.295. The number of esters is 1. The van der Waals surface area contributed by atoms with E-state index in [2.05, 4.69) is 10.3 Å². The molecule has 0 amide bonds. The highest BCUT2D eigenvalue weighted by Crippen LogP contribution is 2.10. The van der Waals surface area contributed by atoms with Crippen LogP contribution in [0.5, 0.6) is 0 Å². The van der Waals surface area contributed by atoms with Gasteiger partial charge in [-0.1, -0.05) is 18.2 Å². The Labute approximate surface area is 116 Å². The predicted octanol–water partition coefficient (Wildman–Crippen LogP) is 2.26. The lowest BCUT2D eigenvalue weighted by Gasteiger charge is -2.08. The van der Waals surface area contributed by atoms with Gasteiger partial charge < -0.3 is 10.1 Å². The fourth-order valence-corrected chi connectivity index (χ4v) is 2.38. The van der Waals surface area contributed by atoms with Crippen molar-refractivity contribution in [1.82, 2.24) is 10.3 Å². The molecule has 0 saturated carbocycles. The molecule has 1 N–H and O–H groups in total. The maximum absolute atomic E-state index is 11.6. The van der Waals surface area contributed by atoms with Gasteiger partial charge in [-0.3, -0.25) is 0 Å². The van der Waals surface area contributed by atoms with E-state index in [1.54, 1.807) is 17.4 Å². The van der Waals surface area contributed by atoms with Crippen molar-refractivity contribution in [2.75, 3.05) is 13.7 Å². The maximum atomic E-state index is 11.6. The summed E-state index contributed by atoms with van der Waals surface area (Å²) in [5.74, 6) is -0.295. The van der Waals surface area contributed by atoms with Crippen molar-refractivity contribution in [2.24, 2.45) is 0 Å². The number of hydrogen-bond acceptors (Lipinski definition) is 5. The van der Waals surface area contributed by atoms with Gasteiger partial charge >= 0.3 is 5.97 Å². The van der Waals surface area contributed by atoms with Gasteiger partial charge in [0.2, 0.25) is 0 Å². The van der Waals surface area contributed by atoms with E-state index in [0.29, 0.717) is 12.1 Å². The largest absolute Gasteiger partial charge is 0.465 e. The lowest BCUT2D eigenvalue weighted by molar-refractivity contribution is 0.0599. The molecule has 1 aromatic carbocycles. The molecule has 0 bridgehead atoms. The van der Waals surface area contributed by atoms with Gasteiger partial charge in [-0.15, -0.1) is 11.3 Å². The number of hydrogen-bond donors (Lipinski definition) is 1. The molecule has 0 saturated heterocycles. The van der Waals surface area contributed by atoms with Gasteiger partial charge in [0, 0.05) is 24.9 Å². The number of ether oxygens (including phenoxy) is 1. The Morgan fingerprint density at radius 1 is 1.42 bits per heavy atom. The summed E-state index contributed by atoms with van der Waals surface area (Å²) >= 11 is 1.60. The van der Waals surface area contributed by atoms with Crippen LogP contribution in [0.25, 0.3) is 0 Å². The van der Waals surface area contributed by atoms with E-state index in [0.717, 1.165) is 24.2 Å². The first kappa shape index (κ1) is 13.7. The Bertz CT molecular complexity index is 526. The first-order chi connectivity index (χ1) is 9.31. The Morgan fingerprint density at radius 2 is 2.26 bits per heavy atom. The molecule has 0 aliphatic heterocycles. The zero-order valence-electron chi connectivity index (χ0n) is 10.8. The molecule has 0 fully saturated rings. The van der Waals surface area contributed by atoms with Crippen molar-refractivity contribution in [3.8, 4) is 0 Å². The molecular weight excluding hydrogens is 260 g/mol. The lowest BCUT2D eigenvalue weighted by atomic mass is 10.1. The van der Waals surface area contributed by atoms with Crippen molar-refractivity contribution in [3.63, 3.8) is 0 Å². The number of benzene rings is 1. The summed E-state index contributed by atoms with van der Waals surface area (Å²) < 4.78 is 4.77. The first-order valence-corrected chi connectivity index (χ1v) is 6.99. The van der Waals surface area contributed by atoms with Crippen LogP contribution in [0, 0.1) is 0 Å². The molecule has 0 radical (unpaired) electrons. The van der Waals surface area contributed by atoms with Crippen LogP contribution < -0.4 is 5.32 Å². The number of rotatable bonds is 6. The Morgan fingerprint density at radius 3 is 3.00 bits per heavy atom. The third-order valence-electron chi connectivity index (χ3n) is 2.78. The van der Waals surface area contributed by atoms with Crippen LogP contribution in [0.15, 0.2) is 35.2 Å². The molecule has 1 heterocycles. The Balaban J connectivity index is 1.87. The fraction of sp³-hybridized carbons (Fsp3) is 0.286. The molecule has 0 aliphatic carbocycles. The smallest absolute Gasteiger partial charge is 0.338 e. The third kappa shape index (κ3) is 3.87. The summed E-state index contributed by atoms with van der Waals surface area (Å²) in [5, 5.41) is 5.36. The number of carbonyl (C=O) groups excluding carboxylic acids is 1. The van der Waals surface area contributed by atoms with Crippen molar-refractivity contribution < 1.29 is 9.53 Å². The standard InChI is InChI=1S/C14H16N2O2S/c1-18-14(17)13-5-3-2-4-11(13)8-15-7-6-12-9-19-10-16-12/h2-5,9-10,15H,6-8H2,1H3. The molecule has 2 rings (SSSR count). The second-order valence-electron chi connectivity index (χ2n) is 4.06. The van der Waals surface area contributed by atoms with E-state index >= 15 is 0 Å². The normalized spacial score (nSPS) is 10.4. The molecular formula is C14H16N2O2S. The van der Waals surface area contributed by atoms with Gasteiger partial charge in [0.1, 0.15) is 0 Å². The van der Waals surface area contributed by atoms with E-state index in [-0.39, 0.29) is 5.97 Å². The molecule has 2 aromatic rings. The average molecular weight is 276 g/mol. The molecule has 1 aromatic heterocycles. The molecule has 19 heavy (non-hydrogen) atoms. The average Bonchev–Trinajstić information content (AvgIpc) is 2.96. The van der Waals surface area contributed by atoms with Gasteiger partial charge in [-0.2, -0.15) is 0 Å². The van der Waals surface area contributed by atoms with E-state index < -0.39 is 0 Å². The van der Waals surface area contributed by atoms with Crippen LogP contribution in [0.2, 0.25) is 0 Å². The monoisotopic (exact) mass is 276 g/mol. The van der Waals surface area contributed by atoms with E-state index in [4.69, 9.17) is 4.74 Å². The predicted molar refractivity (Wildman–Crippen MR) is 75.3 cm³/mol. The second kappa shape index (κ2) is 7.01. The number of nitrogens with zero attached hydrogens (tertiary/aromatic N) is 1. The summed E-state index contributed by atoms with van der Waals surface area (Å²) in [5.41, 5.74) is 4.50. The summed E-state index contributed by atoms with van der Waals surface area (Å²) in [6.45, 7) is 1.48. The molecule has 5 heteroatoms. The van der Waals surface area contributed by atoms with Crippen LogP contribution in [-0.4, -0.2) is 24.6 Å². The van der Waals surface area contributed by atoms with Crippen LogP contribution in [0.1, 0.15) is 21.6 Å². The number of methoxy groups -OCH3 is 1. The third-order valence-corrected chi connectivity index (χ3v) is 3.41. The molecule has 0 spiro atoms. The number of aromatic nitrogens is 1. The van der Waals surface area contributed by atoms with E-state index in [1.165, 1.54) is 7.11 Å². The zero-order chi connectivity index (χ0) is 13.5. The van der Waals surface area contributed by atoms with Crippen LogP contribution in [0.3, 0.4) is 0 Å². The van der Waals surface area contributed by atoms with Crippen LogP contribution in [-0.2, 0) is 17.7 Å². The van der Waals surface area contributed by atoms with Gasteiger partial charge in [-0.05, 0) is 11.6 Å². The summed E-state index contributed by atoms with van der Waals surface area (Å²) in [4.78, 5) is 15.8. The van der Waals surface area contributed by atoms with Crippen molar-refractivity contribution in [3.05, 3.63) is 52.0 Å². The van der Waals surface area contributed by atoms with Gasteiger partial charge in [0.15, 0.2) is 0 Å². The highest BCUT2D eigenvalue weighted by atomic mass is 32.1. The topological polar surface area (TPSA) is 51.2 Å². The Kier molecular flexibility index (Phi) is 5.06. The van der Waals surface area contributed by atoms with Gasteiger partial charge in [-0.25, -0.2) is 9.78 Å². The SMILES string of the molecule is COC(=O)c1ccccc1CNCCc1cscn1. The highest BCUT2D eigenvalue weighted by Gasteiger charge is 2.10. The lowest BCUT2D eigenvalue weighted by Crippen LogP contribution is -2.19. The molecule has 0 aliphatic rings. The number of thiazole rings is 1. The summed E-state index contributed by atoms with van der Waals surface area (Å²) in [6, 6.07) is 7.47. The molecule has 0 unspecified atom stereocenters. The van der Waals surface area contributed by atoms with Gasteiger partial charge in [0.25, 0.3) is 0 Å². The summed E-state index contributed by atoms with van der Waals surface area (Å²) in [7, 11) is 1.40. The zero-order valence-corrected chi connectivity index (χ0v) is 11.6. The fourth-order valence-electron chi connectivity index (χ4n) is 1.78. The maximum Gasteiger partial charge on any atom is 0.338 e. The molecule has 0 atom stereocenters. The van der Waals surface area contributed by atoms with Crippen LogP contribution >= 0.6 is 11.3 Å². The Hall–Kier alpha value is -1.72. The molecule has 100 valence electrons. The van der Waals surface area contributed by atoms with Crippen molar-refractivity contribution >= 4 is 17.3 Å². The van der Waals surface area contributed by atoms with Crippen molar-refractivity contribution in [2.45, 2.75) is 13.0 Å². The minimum absolute atomic E-state index is 0.295. The quantitative estimate of drug-likeness (QED) is 0.649. The second-order valence-corrected chi connectivity index (χ2v) is 4.77. The summed E-state index contributed by atoms with van der Waals surface area (Å²) in [6.07, 6.45) is 0.893. The minimum Gasteiger partial charge on any atom is -0.465 e. The number of carbonyl (C=O) groups is 1. The molecule has 4 nitrogen and oxygen atoms in total. The van der Waals surface area contributed by atoms with Gasteiger partial charge in [0.05, 0.1) is 23.9 Å². The van der Waals surface area contributed by atoms with E-state index in [9.17, 15) is 4.79 Å².